The van der Waals surface area contributed by atoms with Crippen molar-refractivity contribution in [3.63, 3.8) is 0 Å². The lowest BCUT2D eigenvalue weighted by Gasteiger charge is -2.27. The summed E-state index contributed by atoms with van der Waals surface area (Å²) in [5.74, 6) is -0.671. The Morgan fingerprint density at radius 3 is 1.81 bits per heavy atom. The van der Waals surface area contributed by atoms with Gasteiger partial charge in [-0.3, -0.25) is 9.48 Å². The summed E-state index contributed by atoms with van der Waals surface area (Å²) in [5, 5.41) is 18.0. The van der Waals surface area contributed by atoms with Crippen molar-refractivity contribution in [3.05, 3.63) is 73.1 Å². The normalized spacial score (nSPS) is 14.0. The zero-order valence-corrected chi connectivity index (χ0v) is 22.5. The van der Waals surface area contributed by atoms with Crippen LogP contribution in [0.4, 0.5) is 0 Å². The molecular weight excluding hydrogens is 463 g/mol. The smallest absolute Gasteiger partial charge is 0.303 e. The Morgan fingerprint density at radius 1 is 0.778 bits per heavy atom. The van der Waals surface area contributed by atoms with Crippen LogP contribution in [-0.2, 0) is 4.79 Å². The van der Waals surface area contributed by atoms with Crippen molar-refractivity contribution in [2.45, 2.75) is 89.5 Å². The minimum atomic E-state index is -1.77. The van der Waals surface area contributed by atoms with E-state index in [0.29, 0.717) is 12.5 Å². The average molecular weight is 506 g/mol. The fourth-order valence-electron chi connectivity index (χ4n) is 5.44. The van der Waals surface area contributed by atoms with Crippen LogP contribution in [0.2, 0.25) is 0 Å². The van der Waals surface area contributed by atoms with Crippen LogP contribution in [0, 0.1) is 0 Å². The highest BCUT2D eigenvalue weighted by molar-refractivity contribution is 7.95. The predicted octanol–water partition coefficient (Wildman–Crippen LogP) is 6.89. The second-order valence-electron chi connectivity index (χ2n) is 10.3. The molecule has 192 valence electrons. The second-order valence-corrected chi connectivity index (χ2v) is 13.9. The van der Waals surface area contributed by atoms with Crippen molar-refractivity contribution < 1.29 is 9.90 Å². The molecule has 1 saturated carbocycles. The summed E-state index contributed by atoms with van der Waals surface area (Å²) < 4.78 is 2.25. The molecule has 1 aliphatic carbocycles. The van der Waals surface area contributed by atoms with Crippen LogP contribution < -0.4 is 15.9 Å². The average Bonchev–Trinajstić information content (AvgIpc) is 3.34. The predicted molar refractivity (Wildman–Crippen MR) is 152 cm³/mol. The largest absolute Gasteiger partial charge is 0.481 e. The maximum absolute atomic E-state index is 10.6. The molecule has 0 spiro atoms. The van der Waals surface area contributed by atoms with E-state index in [1.54, 1.807) is 0 Å². The highest BCUT2D eigenvalue weighted by atomic mass is 31.2. The summed E-state index contributed by atoms with van der Waals surface area (Å²) in [6, 6.07) is 23.0. The second kappa shape index (κ2) is 13.7. The number of carbonyl (C=O) groups is 1. The van der Waals surface area contributed by atoms with Gasteiger partial charge in [-0.05, 0) is 62.8 Å². The molecule has 3 aromatic rings. The standard InChI is InChI=1S/C31H41N2O2P/c34-31(35)23-14-6-4-2-1-3-5-7-15-24-36(28-19-10-8-11-20-28,29-21-12-9-13-22-29)30-25-32-33(26-30)27-17-16-18-27/h8-13,19-22,25-27H,1-7,14-18,23-24H2/p+1. The molecule has 0 atom stereocenters. The molecule has 1 fully saturated rings. The first-order chi connectivity index (χ1) is 17.7. The van der Waals surface area contributed by atoms with E-state index in [1.807, 2.05) is 0 Å². The lowest BCUT2D eigenvalue weighted by Crippen LogP contribution is -2.33. The van der Waals surface area contributed by atoms with E-state index in [9.17, 15) is 4.79 Å². The first-order valence-corrected chi connectivity index (χ1v) is 15.9. The van der Waals surface area contributed by atoms with Crippen LogP contribution in [0.25, 0.3) is 0 Å². The lowest BCUT2D eigenvalue weighted by molar-refractivity contribution is -0.137. The highest BCUT2D eigenvalue weighted by Crippen LogP contribution is 2.56. The van der Waals surface area contributed by atoms with Crippen LogP contribution in [0.5, 0.6) is 0 Å². The number of hydrogen-bond donors (Lipinski definition) is 1. The summed E-state index contributed by atoms with van der Waals surface area (Å²) >= 11 is 0. The number of carboxylic acid groups (broad SMARTS) is 1. The van der Waals surface area contributed by atoms with E-state index in [-0.39, 0.29) is 0 Å². The van der Waals surface area contributed by atoms with Gasteiger partial charge in [-0.25, -0.2) is 0 Å². The molecule has 0 bridgehead atoms. The molecule has 0 radical (unpaired) electrons. The molecule has 0 amide bonds. The highest BCUT2D eigenvalue weighted by Gasteiger charge is 2.46. The van der Waals surface area contributed by atoms with Crippen molar-refractivity contribution in [2.75, 3.05) is 6.16 Å². The molecular formula is C31H42N2O2P+. The Bertz CT molecular complexity index is 1010. The topological polar surface area (TPSA) is 55.1 Å². The van der Waals surface area contributed by atoms with Crippen molar-refractivity contribution >= 4 is 29.1 Å². The fraction of sp³-hybridized carbons (Fsp3) is 0.484. The molecule has 4 nitrogen and oxygen atoms in total. The van der Waals surface area contributed by atoms with E-state index in [1.165, 1.54) is 79.9 Å². The van der Waals surface area contributed by atoms with Crippen molar-refractivity contribution in [1.82, 2.24) is 9.78 Å². The van der Waals surface area contributed by atoms with E-state index in [4.69, 9.17) is 10.2 Å². The van der Waals surface area contributed by atoms with Gasteiger partial charge < -0.3 is 5.11 Å². The third kappa shape index (κ3) is 6.85. The minimum Gasteiger partial charge on any atom is -0.481 e. The molecule has 0 saturated heterocycles. The van der Waals surface area contributed by atoms with Crippen LogP contribution in [-0.4, -0.2) is 27.0 Å². The third-order valence-corrected chi connectivity index (χ3v) is 12.2. The molecule has 36 heavy (non-hydrogen) atoms. The van der Waals surface area contributed by atoms with Gasteiger partial charge in [-0.15, -0.1) is 0 Å². The number of unbranched alkanes of at least 4 members (excludes halogenated alkanes) is 8. The summed E-state index contributed by atoms with van der Waals surface area (Å²) in [6.45, 7) is 0. The molecule has 1 heterocycles. The summed E-state index contributed by atoms with van der Waals surface area (Å²) in [7, 11) is -1.77. The molecule has 1 N–H and O–H groups in total. The zero-order chi connectivity index (χ0) is 25.1. The van der Waals surface area contributed by atoms with Gasteiger partial charge in [0.25, 0.3) is 0 Å². The maximum atomic E-state index is 10.6. The van der Waals surface area contributed by atoms with Gasteiger partial charge in [0.15, 0.2) is 0 Å². The molecule has 0 unspecified atom stereocenters. The third-order valence-electron chi connectivity index (χ3n) is 7.76. The Hall–Kier alpha value is -2.45. The van der Waals surface area contributed by atoms with E-state index < -0.39 is 13.2 Å². The van der Waals surface area contributed by atoms with Gasteiger partial charge in [-0.2, -0.15) is 5.10 Å². The quantitative estimate of drug-likeness (QED) is 0.170. The first-order valence-electron chi connectivity index (χ1n) is 14.0. The van der Waals surface area contributed by atoms with Crippen molar-refractivity contribution in [1.29, 1.82) is 0 Å². The molecule has 2 aromatic carbocycles. The van der Waals surface area contributed by atoms with Gasteiger partial charge in [0.2, 0.25) is 0 Å². The number of nitrogens with zero attached hydrogens (tertiary/aromatic N) is 2. The van der Waals surface area contributed by atoms with E-state index in [2.05, 4.69) is 77.7 Å². The summed E-state index contributed by atoms with van der Waals surface area (Å²) in [4.78, 5) is 10.6. The lowest BCUT2D eigenvalue weighted by atomic mass is 9.93. The Labute approximate surface area is 217 Å². The Balaban J connectivity index is 1.41. The van der Waals surface area contributed by atoms with Gasteiger partial charge in [-0.1, -0.05) is 74.9 Å². The molecule has 5 heteroatoms. The molecule has 4 rings (SSSR count). The first kappa shape index (κ1) is 26.6. The fourth-order valence-corrected chi connectivity index (χ4v) is 9.73. The maximum Gasteiger partial charge on any atom is 0.303 e. The number of benzene rings is 2. The van der Waals surface area contributed by atoms with Crippen LogP contribution in [0.1, 0.15) is 89.5 Å². The van der Waals surface area contributed by atoms with Crippen LogP contribution in [0.3, 0.4) is 0 Å². The summed E-state index contributed by atoms with van der Waals surface area (Å²) in [6.07, 6.45) is 20.4. The van der Waals surface area contributed by atoms with Crippen LogP contribution in [0.15, 0.2) is 73.1 Å². The van der Waals surface area contributed by atoms with E-state index in [0.717, 1.165) is 19.3 Å². The SMILES string of the molecule is O=C(O)CCCCCCCCCCC[P+](c1ccccc1)(c1ccccc1)c1cnn(C2CCC2)c1. The van der Waals surface area contributed by atoms with E-state index >= 15 is 0 Å². The molecule has 0 aliphatic heterocycles. The van der Waals surface area contributed by atoms with Gasteiger partial charge in [0.05, 0.1) is 24.6 Å². The Kier molecular flexibility index (Phi) is 10.2. The van der Waals surface area contributed by atoms with Gasteiger partial charge in [0, 0.05) is 6.42 Å². The zero-order valence-electron chi connectivity index (χ0n) is 21.6. The Morgan fingerprint density at radius 2 is 1.31 bits per heavy atom. The monoisotopic (exact) mass is 505 g/mol. The number of aliphatic carboxylic acids is 1. The van der Waals surface area contributed by atoms with Crippen molar-refractivity contribution in [2.24, 2.45) is 0 Å². The number of rotatable bonds is 16. The minimum absolute atomic E-state index is 0.313. The molecule has 1 aliphatic rings. The summed E-state index contributed by atoms with van der Waals surface area (Å²) in [5.41, 5.74) is 0. The molecule has 1 aromatic heterocycles. The van der Waals surface area contributed by atoms with Gasteiger partial charge in [0.1, 0.15) is 23.2 Å². The van der Waals surface area contributed by atoms with Crippen LogP contribution >= 0.6 is 7.26 Å². The van der Waals surface area contributed by atoms with Crippen molar-refractivity contribution in [3.8, 4) is 0 Å². The number of aromatic nitrogens is 2. The number of hydrogen-bond acceptors (Lipinski definition) is 2. The van der Waals surface area contributed by atoms with Gasteiger partial charge >= 0.3 is 5.97 Å². The number of carboxylic acids is 1.